The van der Waals surface area contributed by atoms with Crippen molar-refractivity contribution >= 4 is 0 Å². The number of hydrogen-bond acceptors (Lipinski definition) is 3. The highest BCUT2D eigenvalue weighted by Crippen LogP contribution is 2.15. The first kappa shape index (κ1) is 13.0. The molecule has 0 saturated heterocycles. The minimum absolute atomic E-state index is 0.161. The van der Waals surface area contributed by atoms with Gasteiger partial charge in [0, 0.05) is 18.4 Å². The fourth-order valence-electron chi connectivity index (χ4n) is 1.09. The van der Waals surface area contributed by atoms with Crippen molar-refractivity contribution in [1.82, 2.24) is 15.3 Å². The fourth-order valence-corrected chi connectivity index (χ4v) is 1.09. The van der Waals surface area contributed by atoms with Crippen LogP contribution in [0.5, 0.6) is 0 Å². The molecule has 0 bridgehead atoms. The van der Waals surface area contributed by atoms with E-state index in [2.05, 4.69) is 20.0 Å². The monoisotopic (exact) mass is 237 g/mol. The number of aromatic amines is 1. The number of nitrogens with zero attached hydrogens (tertiary/aromatic N) is 1. The van der Waals surface area contributed by atoms with Crippen LogP contribution in [0.15, 0.2) is 6.20 Å². The second kappa shape index (κ2) is 5.86. The van der Waals surface area contributed by atoms with Gasteiger partial charge >= 0.3 is 6.18 Å². The van der Waals surface area contributed by atoms with E-state index in [0.29, 0.717) is 12.4 Å². The molecule has 4 nitrogen and oxygen atoms in total. The average Bonchev–Trinajstić information content (AvgIpc) is 2.61. The van der Waals surface area contributed by atoms with Crippen LogP contribution >= 0.6 is 0 Å². The minimum Gasteiger partial charge on any atom is -0.364 e. The Morgan fingerprint density at radius 2 is 2.25 bits per heavy atom. The lowest BCUT2D eigenvalue weighted by atomic mass is 10.5. The van der Waals surface area contributed by atoms with E-state index < -0.39 is 12.8 Å². The molecule has 1 heterocycles. The van der Waals surface area contributed by atoms with Crippen molar-refractivity contribution in [2.45, 2.75) is 26.3 Å². The highest BCUT2D eigenvalue weighted by molar-refractivity contribution is 5.00. The van der Waals surface area contributed by atoms with Crippen LogP contribution in [0.4, 0.5) is 13.2 Å². The lowest BCUT2D eigenvalue weighted by Crippen LogP contribution is -2.17. The van der Waals surface area contributed by atoms with Crippen molar-refractivity contribution in [2.75, 3.05) is 13.2 Å². The second-order valence-corrected chi connectivity index (χ2v) is 3.24. The van der Waals surface area contributed by atoms with Crippen LogP contribution in [0, 0.1) is 0 Å². The Labute approximate surface area is 91.2 Å². The molecule has 1 aromatic heterocycles. The summed E-state index contributed by atoms with van der Waals surface area (Å²) in [7, 11) is 0. The summed E-state index contributed by atoms with van der Waals surface area (Å²) in [6, 6.07) is 0. The van der Waals surface area contributed by atoms with Gasteiger partial charge in [0.1, 0.15) is 19.0 Å². The summed E-state index contributed by atoms with van der Waals surface area (Å²) in [4.78, 5) is 6.77. The molecule has 1 rings (SSSR count). The van der Waals surface area contributed by atoms with E-state index in [1.807, 2.05) is 6.92 Å². The van der Waals surface area contributed by atoms with Crippen LogP contribution in [0.2, 0.25) is 0 Å². The third-order valence-corrected chi connectivity index (χ3v) is 1.75. The molecular weight excluding hydrogens is 223 g/mol. The largest absolute Gasteiger partial charge is 0.411 e. The molecule has 0 aliphatic heterocycles. The van der Waals surface area contributed by atoms with Crippen LogP contribution < -0.4 is 5.32 Å². The lowest BCUT2D eigenvalue weighted by Gasteiger charge is -2.05. The Kier molecular flexibility index (Phi) is 4.75. The third kappa shape index (κ3) is 5.13. The van der Waals surface area contributed by atoms with Gasteiger partial charge in [0.2, 0.25) is 0 Å². The van der Waals surface area contributed by atoms with Gasteiger partial charge in [-0.2, -0.15) is 13.2 Å². The van der Waals surface area contributed by atoms with Crippen LogP contribution in [0.25, 0.3) is 0 Å². The van der Waals surface area contributed by atoms with Gasteiger partial charge in [-0.05, 0) is 6.54 Å². The summed E-state index contributed by atoms with van der Waals surface area (Å²) in [5.74, 6) is 0.400. The van der Waals surface area contributed by atoms with E-state index in [1.54, 1.807) is 6.20 Å². The molecule has 2 N–H and O–H groups in total. The van der Waals surface area contributed by atoms with Gasteiger partial charge in [-0.1, -0.05) is 6.92 Å². The molecule has 0 radical (unpaired) electrons. The van der Waals surface area contributed by atoms with E-state index >= 15 is 0 Å². The second-order valence-electron chi connectivity index (χ2n) is 3.24. The van der Waals surface area contributed by atoms with Crippen LogP contribution in [-0.2, 0) is 17.9 Å². The molecule has 0 aliphatic carbocycles. The normalized spacial score (nSPS) is 12.0. The van der Waals surface area contributed by atoms with Gasteiger partial charge < -0.3 is 15.0 Å². The predicted molar refractivity (Wildman–Crippen MR) is 51.7 cm³/mol. The third-order valence-electron chi connectivity index (χ3n) is 1.75. The molecule has 1 aromatic rings. The average molecular weight is 237 g/mol. The maximum Gasteiger partial charge on any atom is 0.411 e. The number of H-pyrrole nitrogens is 1. The SMILES string of the molecule is CCNCc1cnc(COCC(F)(F)F)[nH]1. The van der Waals surface area contributed by atoms with Crippen molar-refractivity contribution in [1.29, 1.82) is 0 Å². The zero-order valence-electron chi connectivity index (χ0n) is 8.90. The molecule has 0 aliphatic rings. The van der Waals surface area contributed by atoms with E-state index in [1.165, 1.54) is 0 Å². The number of imidazole rings is 1. The highest BCUT2D eigenvalue weighted by atomic mass is 19.4. The lowest BCUT2D eigenvalue weighted by molar-refractivity contribution is -0.177. The summed E-state index contributed by atoms with van der Waals surface area (Å²) in [5, 5.41) is 3.07. The standard InChI is InChI=1S/C9H14F3N3O/c1-2-13-3-7-4-14-8(15-7)5-16-6-9(10,11)12/h4,13H,2-3,5-6H2,1H3,(H,14,15). The predicted octanol–water partition coefficient (Wildman–Crippen LogP) is 1.60. The zero-order valence-corrected chi connectivity index (χ0v) is 8.90. The number of nitrogens with one attached hydrogen (secondary N) is 2. The van der Waals surface area contributed by atoms with E-state index in [0.717, 1.165) is 12.2 Å². The van der Waals surface area contributed by atoms with E-state index in [9.17, 15) is 13.2 Å². The molecule has 7 heteroatoms. The van der Waals surface area contributed by atoms with Gasteiger partial charge in [0.15, 0.2) is 0 Å². The first-order chi connectivity index (χ1) is 7.51. The number of ether oxygens (including phenoxy) is 1. The number of alkyl halides is 3. The molecular formula is C9H14F3N3O. The maximum absolute atomic E-state index is 11.8. The van der Waals surface area contributed by atoms with E-state index in [-0.39, 0.29) is 6.61 Å². The number of halogens is 3. The first-order valence-corrected chi connectivity index (χ1v) is 4.89. The summed E-state index contributed by atoms with van der Waals surface area (Å²) in [6.07, 6.45) is -2.71. The Balaban J connectivity index is 2.29. The van der Waals surface area contributed by atoms with Crippen molar-refractivity contribution in [3.8, 4) is 0 Å². The number of rotatable bonds is 6. The van der Waals surface area contributed by atoms with Crippen molar-refractivity contribution in [3.05, 3.63) is 17.7 Å². The maximum atomic E-state index is 11.8. The Bertz CT molecular complexity index is 311. The quantitative estimate of drug-likeness (QED) is 0.790. The smallest absolute Gasteiger partial charge is 0.364 e. The molecule has 0 unspecified atom stereocenters. The molecule has 0 saturated carbocycles. The Hall–Kier alpha value is -1.08. The summed E-state index contributed by atoms with van der Waals surface area (Å²) in [6.45, 7) is 1.98. The topological polar surface area (TPSA) is 49.9 Å². The summed E-state index contributed by atoms with van der Waals surface area (Å²) >= 11 is 0. The molecule has 0 atom stereocenters. The molecule has 0 spiro atoms. The van der Waals surface area contributed by atoms with Gasteiger partial charge in [-0.25, -0.2) is 4.98 Å². The summed E-state index contributed by atoms with van der Waals surface area (Å²) in [5.41, 5.74) is 0.826. The van der Waals surface area contributed by atoms with Crippen LogP contribution in [-0.4, -0.2) is 29.3 Å². The van der Waals surface area contributed by atoms with Crippen LogP contribution in [0.1, 0.15) is 18.4 Å². The van der Waals surface area contributed by atoms with E-state index in [4.69, 9.17) is 0 Å². The first-order valence-electron chi connectivity index (χ1n) is 4.89. The van der Waals surface area contributed by atoms with Gasteiger partial charge in [0.05, 0.1) is 0 Å². The van der Waals surface area contributed by atoms with Gasteiger partial charge in [0.25, 0.3) is 0 Å². The number of hydrogen-bond donors (Lipinski definition) is 2. The Morgan fingerprint density at radius 1 is 1.50 bits per heavy atom. The van der Waals surface area contributed by atoms with Crippen molar-refractivity contribution in [2.24, 2.45) is 0 Å². The molecule has 16 heavy (non-hydrogen) atoms. The van der Waals surface area contributed by atoms with Crippen LogP contribution in [0.3, 0.4) is 0 Å². The zero-order chi connectivity index (χ0) is 12.0. The molecule has 0 aromatic carbocycles. The van der Waals surface area contributed by atoms with Gasteiger partial charge in [-0.3, -0.25) is 0 Å². The minimum atomic E-state index is -4.29. The van der Waals surface area contributed by atoms with Crippen molar-refractivity contribution in [3.63, 3.8) is 0 Å². The van der Waals surface area contributed by atoms with Crippen molar-refractivity contribution < 1.29 is 17.9 Å². The molecule has 92 valence electrons. The molecule has 0 amide bonds. The summed E-state index contributed by atoms with van der Waals surface area (Å²) < 4.78 is 39.8. The molecule has 0 fully saturated rings. The fraction of sp³-hybridized carbons (Fsp3) is 0.667. The number of aromatic nitrogens is 2. The highest BCUT2D eigenvalue weighted by Gasteiger charge is 2.27. The van der Waals surface area contributed by atoms with Gasteiger partial charge in [-0.15, -0.1) is 0 Å². The Morgan fingerprint density at radius 3 is 2.88 bits per heavy atom.